The maximum absolute atomic E-state index is 10.0. The van der Waals surface area contributed by atoms with Crippen LogP contribution in [-0.2, 0) is 0 Å². The molecule has 0 rings (SSSR count). The second-order valence-electron chi connectivity index (χ2n) is 6.20. The van der Waals surface area contributed by atoms with Gasteiger partial charge in [-0.25, -0.2) is 0 Å². The third-order valence-electron chi connectivity index (χ3n) is 3.37. The predicted octanol–water partition coefficient (Wildman–Crippen LogP) is 0.292. The maximum Gasteiger partial charge on any atom is 0.0667 e. The molecule has 3 N–H and O–H groups in total. The third kappa shape index (κ3) is 12.8. The highest BCUT2D eigenvalue weighted by Gasteiger charge is 2.11. The number of hydrogen-bond acceptors (Lipinski definition) is 5. The summed E-state index contributed by atoms with van der Waals surface area (Å²) in [5, 5.41) is 10.0. The molecule has 0 bridgehead atoms. The molecule has 0 saturated heterocycles. The van der Waals surface area contributed by atoms with Crippen LogP contribution in [0.25, 0.3) is 0 Å². The van der Waals surface area contributed by atoms with Crippen molar-refractivity contribution in [2.75, 3.05) is 67.5 Å². The Labute approximate surface area is 125 Å². The number of aliphatic hydroxyl groups excluding tert-OH is 1. The summed E-state index contributed by atoms with van der Waals surface area (Å²) in [4.78, 5) is 6.82. The minimum absolute atomic E-state index is 0.239. The van der Waals surface area contributed by atoms with Gasteiger partial charge in [-0.05, 0) is 86.6 Å². The van der Waals surface area contributed by atoms with E-state index in [4.69, 9.17) is 5.73 Å². The Morgan fingerprint density at radius 2 is 1.35 bits per heavy atom. The van der Waals surface area contributed by atoms with Crippen molar-refractivity contribution in [2.45, 2.75) is 31.8 Å². The molecule has 122 valence electrons. The van der Waals surface area contributed by atoms with Crippen molar-refractivity contribution in [3.8, 4) is 0 Å². The molecule has 0 aliphatic rings. The largest absolute Gasteiger partial charge is 0.392 e. The molecule has 0 amide bonds. The number of hydrogen-bond donors (Lipinski definition) is 2. The Balaban J connectivity index is 4.02. The molecule has 0 saturated carbocycles. The average Bonchev–Trinajstić information content (AvgIpc) is 2.35. The first kappa shape index (κ1) is 19.8. The van der Waals surface area contributed by atoms with Crippen LogP contribution >= 0.6 is 0 Å². The van der Waals surface area contributed by atoms with E-state index in [-0.39, 0.29) is 6.10 Å². The highest BCUT2D eigenvalue weighted by atomic mass is 16.3. The first-order valence-electron chi connectivity index (χ1n) is 7.85. The minimum Gasteiger partial charge on any atom is -0.392 e. The van der Waals surface area contributed by atoms with E-state index in [0.717, 1.165) is 58.4 Å². The number of rotatable bonds is 13. The van der Waals surface area contributed by atoms with E-state index in [1.807, 2.05) is 0 Å². The van der Waals surface area contributed by atoms with Gasteiger partial charge in [0.05, 0.1) is 6.10 Å². The van der Waals surface area contributed by atoms with Crippen LogP contribution in [0.3, 0.4) is 0 Å². The standard InChI is InChI=1S/C15H36N4O/c1-17(2)10-6-12-19(13-7-11-18(3)4)14-15(20)8-5-9-16/h15,20H,5-14,16H2,1-4H3. The van der Waals surface area contributed by atoms with Gasteiger partial charge >= 0.3 is 0 Å². The lowest BCUT2D eigenvalue weighted by molar-refractivity contribution is 0.1000. The van der Waals surface area contributed by atoms with E-state index < -0.39 is 0 Å². The molecule has 0 heterocycles. The van der Waals surface area contributed by atoms with Crippen molar-refractivity contribution in [2.24, 2.45) is 5.73 Å². The Bertz CT molecular complexity index is 198. The quantitative estimate of drug-likeness (QED) is 0.510. The summed E-state index contributed by atoms with van der Waals surface area (Å²) in [6.45, 7) is 5.77. The first-order valence-corrected chi connectivity index (χ1v) is 7.85. The molecular formula is C15H36N4O. The molecular weight excluding hydrogens is 252 g/mol. The number of aliphatic hydroxyl groups is 1. The van der Waals surface area contributed by atoms with E-state index in [2.05, 4.69) is 42.9 Å². The lowest BCUT2D eigenvalue weighted by atomic mass is 10.1. The summed E-state index contributed by atoms with van der Waals surface area (Å²) < 4.78 is 0. The predicted molar refractivity (Wildman–Crippen MR) is 87.1 cm³/mol. The van der Waals surface area contributed by atoms with Gasteiger partial charge in [0.2, 0.25) is 0 Å². The Morgan fingerprint density at radius 1 is 0.850 bits per heavy atom. The van der Waals surface area contributed by atoms with Crippen molar-refractivity contribution < 1.29 is 5.11 Å². The van der Waals surface area contributed by atoms with Gasteiger partial charge in [-0.15, -0.1) is 0 Å². The van der Waals surface area contributed by atoms with E-state index in [1.54, 1.807) is 0 Å². The molecule has 0 aromatic carbocycles. The second kappa shape index (κ2) is 12.5. The SMILES string of the molecule is CN(C)CCCN(CCCN(C)C)CC(O)CCCN. The van der Waals surface area contributed by atoms with Crippen molar-refractivity contribution in [1.29, 1.82) is 0 Å². The van der Waals surface area contributed by atoms with Crippen molar-refractivity contribution in [3.63, 3.8) is 0 Å². The summed E-state index contributed by atoms with van der Waals surface area (Å²) >= 11 is 0. The zero-order chi connectivity index (χ0) is 15.4. The lowest BCUT2D eigenvalue weighted by Gasteiger charge is -2.26. The molecule has 5 heteroatoms. The van der Waals surface area contributed by atoms with Gasteiger partial charge in [-0.2, -0.15) is 0 Å². The van der Waals surface area contributed by atoms with Crippen LogP contribution in [0.15, 0.2) is 0 Å². The van der Waals surface area contributed by atoms with Crippen LogP contribution in [-0.4, -0.2) is 93.4 Å². The van der Waals surface area contributed by atoms with Gasteiger partial charge in [0, 0.05) is 6.54 Å². The van der Waals surface area contributed by atoms with E-state index in [9.17, 15) is 5.11 Å². The zero-order valence-electron chi connectivity index (χ0n) is 14.0. The molecule has 5 nitrogen and oxygen atoms in total. The molecule has 0 radical (unpaired) electrons. The van der Waals surface area contributed by atoms with Crippen LogP contribution in [0.2, 0.25) is 0 Å². The van der Waals surface area contributed by atoms with E-state index in [1.165, 1.54) is 0 Å². The van der Waals surface area contributed by atoms with Crippen LogP contribution < -0.4 is 5.73 Å². The molecule has 0 aromatic rings. The molecule has 0 aliphatic carbocycles. The van der Waals surface area contributed by atoms with Gasteiger partial charge in [0.1, 0.15) is 0 Å². The van der Waals surface area contributed by atoms with Crippen molar-refractivity contribution >= 4 is 0 Å². The smallest absolute Gasteiger partial charge is 0.0667 e. The Hall–Kier alpha value is -0.200. The summed E-state index contributed by atoms with van der Waals surface area (Å²) in [6, 6.07) is 0. The Kier molecular flexibility index (Phi) is 12.4. The van der Waals surface area contributed by atoms with Crippen LogP contribution in [0, 0.1) is 0 Å². The monoisotopic (exact) mass is 288 g/mol. The van der Waals surface area contributed by atoms with Gasteiger partial charge in [0.25, 0.3) is 0 Å². The molecule has 20 heavy (non-hydrogen) atoms. The molecule has 0 aromatic heterocycles. The van der Waals surface area contributed by atoms with Crippen LogP contribution in [0.1, 0.15) is 25.7 Å². The average molecular weight is 288 g/mol. The summed E-state index contributed by atoms with van der Waals surface area (Å²) in [6.07, 6.45) is 3.79. The fourth-order valence-corrected chi connectivity index (χ4v) is 2.26. The molecule has 0 spiro atoms. The summed E-state index contributed by atoms with van der Waals surface area (Å²) in [7, 11) is 8.41. The van der Waals surface area contributed by atoms with Gasteiger partial charge in [0.15, 0.2) is 0 Å². The van der Waals surface area contributed by atoms with Crippen molar-refractivity contribution in [3.05, 3.63) is 0 Å². The molecule has 1 atom stereocenters. The van der Waals surface area contributed by atoms with E-state index in [0.29, 0.717) is 6.54 Å². The van der Waals surface area contributed by atoms with Gasteiger partial charge < -0.3 is 25.5 Å². The number of nitrogens with zero attached hydrogens (tertiary/aromatic N) is 3. The topological polar surface area (TPSA) is 56.0 Å². The van der Waals surface area contributed by atoms with E-state index >= 15 is 0 Å². The maximum atomic E-state index is 10.0. The molecule has 1 unspecified atom stereocenters. The minimum atomic E-state index is -0.239. The first-order chi connectivity index (χ1) is 9.45. The van der Waals surface area contributed by atoms with Crippen LogP contribution in [0.4, 0.5) is 0 Å². The zero-order valence-corrected chi connectivity index (χ0v) is 14.0. The van der Waals surface area contributed by atoms with Crippen molar-refractivity contribution in [1.82, 2.24) is 14.7 Å². The van der Waals surface area contributed by atoms with Crippen LogP contribution in [0.5, 0.6) is 0 Å². The highest BCUT2D eigenvalue weighted by Crippen LogP contribution is 2.03. The lowest BCUT2D eigenvalue weighted by Crippen LogP contribution is -2.36. The number of nitrogens with two attached hydrogens (primary N) is 1. The van der Waals surface area contributed by atoms with Gasteiger partial charge in [-0.1, -0.05) is 0 Å². The Morgan fingerprint density at radius 3 is 1.75 bits per heavy atom. The molecule has 0 fully saturated rings. The third-order valence-corrected chi connectivity index (χ3v) is 3.37. The van der Waals surface area contributed by atoms with Gasteiger partial charge in [-0.3, -0.25) is 0 Å². The fourth-order valence-electron chi connectivity index (χ4n) is 2.26. The summed E-state index contributed by atoms with van der Waals surface area (Å²) in [5.41, 5.74) is 5.50. The summed E-state index contributed by atoms with van der Waals surface area (Å²) in [5.74, 6) is 0. The second-order valence-corrected chi connectivity index (χ2v) is 6.20. The fraction of sp³-hybridized carbons (Fsp3) is 1.00. The molecule has 0 aliphatic heterocycles. The normalized spacial score (nSPS) is 13.7. The highest BCUT2D eigenvalue weighted by molar-refractivity contribution is 4.67.